The summed E-state index contributed by atoms with van der Waals surface area (Å²) in [5.41, 5.74) is -1.16. The lowest BCUT2D eigenvalue weighted by molar-refractivity contribution is 0.434. The summed E-state index contributed by atoms with van der Waals surface area (Å²) >= 11 is 0. The SMILES string of the molecule is [C-]#[N+]C([N+]#[C-])=c1c(F)c(F)c(=C(C#N)C#N)c(F)c1F.[C-]#[N+]C([N+]#[C-])=c1ccc(=C(C#N)C#N)cc1. The fourth-order valence-electron chi connectivity index (χ4n) is 2.42. The van der Waals surface area contributed by atoms with Crippen LogP contribution in [-0.4, -0.2) is 0 Å². The summed E-state index contributed by atoms with van der Waals surface area (Å²) in [4.78, 5) is 11.1. The van der Waals surface area contributed by atoms with Gasteiger partial charge < -0.3 is 0 Å². The molecule has 12 heteroatoms. The maximum atomic E-state index is 13.6. The molecule has 0 heterocycles. The van der Waals surface area contributed by atoms with Crippen molar-refractivity contribution in [2.75, 3.05) is 0 Å². The van der Waals surface area contributed by atoms with E-state index >= 15 is 0 Å². The van der Waals surface area contributed by atoms with Crippen LogP contribution in [0.15, 0.2) is 24.3 Å². The monoisotopic (exact) mass is 480 g/mol. The van der Waals surface area contributed by atoms with Crippen LogP contribution in [0.3, 0.4) is 0 Å². The van der Waals surface area contributed by atoms with E-state index in [4.69, 9.17) is 47.3 Å². The molecule has 2 aromatic rings. The minimum absolute atomic E-state index is 0.0127. The molecule has 0 bridgehead atoms. The average molecular weight is 480 g/mol. The molecule has 0 radical (unpaired) electrons. The third-order valence-corrected chi connectivity index (χ3v) is 4.04. The number of rotatable bonds is 0. The molecule has 0 aliphatic rings. The summed E-state index contributed by atoms with van der Waals surface area (Å²) in [5, 5.41) is 32.3. The van der Waals surface area contributed by atoms with Crippen molar-refractivity contribution >= 4 is 22.8 Å². The van der Waals surface area contributed by atoms with Crippen molar-refractivity contribution < 1.29 is 17.6 Å². The van der Waals surface area contributed by atoms with E-state index in [9.17, 15) is 17.6 Å². The Balaban J connectivity index is 0.000000369. The molecule has 2 aromatic carbocycles. The van der Waals surface area contributed by atoms with Crippen molar-refractivity contribution in [3.63, 3.8) is 0 Å². The second-order valence-corrected chi connectivity index (χ2v) is 5.87. The first kappa shape index (κ1) is 27.6. The van der Waals surface area contributed by atoms with Crippen molar-refractivity contribution in [2.45, 2.75) is 0 Å². The van der Waals surface area contributed by atoms with Gasteiger partial charge in [0.05, 0.1) is 10.4 Å². The Labute approximate surface area is 200 Å². The molecule has 0 aliphatic carbocycles. The third-order valence-electron chi connectivity index (χ3n) is 4.04. The molecule has 0 atom stereocenters. The minimum Gasteiger partial charge on any atom is -0.204 e. The lowest BCUT2D eigenvalue weighted by atomic mass is 10.1. The van der Waals surface area contributed by atoms with E-state index in [0.717, 1.165) is 12.1 Å². The highest BCUT2D eigenvalue weighted by Gasteiger charge is 2.25. The van der Waals surface area contributed by atoms with E-state index in [0.29, 0.717) is 10.4 Å². The summed E-state index contributed by atoms with van der Waals surface area (Å²) < 4.78 is 54.6. The van der Waals surface area contributed by atoms with Crippen LogP contribution in [0, 0.1) is 94.9 Å². The zero-order valence-corrected chi connectivity index (χ0v) is 17.4. The van der Waals surface area contributed by atoms with Gasteiger partial charge in [-0.1, -0.05) is 24.3 Å². The van der Waals surface area contributed by atoms with Crippen molar-refractivity contribution in [3.8, 4) is 24.3 Å². The zero-order chi connectivity index (χ0) is 27.4. The highest BCUT2D eigenvalue weighted by Crippen LogP contribution is 2.08. The Morgan fingerprint density at radius 3 is 1.19 bits per heavy atom. The molecule has 0 N–H and O–H groups in total. The van der Waals surface area contributed by atoms with E-state index in [1.54, 1.807) is 36.4 Å². The average Bonchev–Trinajstić information content (AvgIpc) is 2.90. The molecular weight excluding hydrogens is 476 g/mol. The second kappa shape index (κ2) is 12.6. The smallest absolute Gasteiger partial charge is 0.204 e. The van der Waals surface area contributed by atoms with E-state index in [2.05, 4.69) is 19.4 Å². The van der Waals surface area contributed by atoms with Gasteiger partial charge in [-0.15, -0.1) is 0 Å². The standard InChI is InChI=1S/C12F4N4.C12H4N4/c1-19-12(20-2)7-10(15)8(13)6(5(3-17)4-18)9(14)11(7)16;1-15-12(16-2)10-5-3-9(4-6-10)11(7-13)8-14/h;3-6H. The van der Waals surface area contributed by atoms with Crippen molar-refractivity contribution in [1.82, 2.24) is 0 Å². The molecule has 0 amide bonds. The lowest BCUT2D eigenvalue weighted by Gasteiger charge is -1.99. The number of hydrogen-bond acceptors (Lipinski definition) is 4. The van der Waals surface area contributed by atoms with E-state index < -0.39 is 45.1 Å². The predicted molar refractivity (Wildman–Crippen MR) is 114 cm³/mol. The number of halogens is 4. The highest BCUT2D eigenvalue weighted by molar-refractivity contribution is 5.73. The highest BCUT2D eigenvalue weighted by atomic mass is 19.2. The van der Waals surface area contributed by atoms with Crippen LogP contribution in [0.4, 0.5) is 17.6 Å². The Bertz CT molecular complexity index is 1610. The van der Waals surface area contributed by atoms with Crippen molar-refractivity contribution in [1.29, 1.82) is 21.0 Å². The molecule has 0 aliphatic heterocycles. The van der Waals surface area contributed by atoms with Gasteiger partial charge in [-0.25, -0.2) is 17.6 Å². The molecule has 8 nitrogen and oxygen atoms in total. The summed E-state index contributed by atoms with van der Waals surface area (Å²) in [6.07, 6.45) is 0. The topological polar surface area (TPSA) is 113 Å². The zero-order valence-electron chi connectivity index (χ0n) is 17.4. The van der Waals surface area contributed by atoms with Gasteiger partial charge >= 0.3 is 11.6 Å². The molecule has 168 valence electrons. The maximum absolute atomic E-state index is 13.6. The first-order chi connectivity index (χ1) is 17.2. The number of hydrogen-bond donors (Lipinski definition) is 0. The van der Waals surface area contributed by atoms with Crippen LogP contribution in [0.25, 0.3) is 42.2 Å². The van der Waals surface area contributed by atoms with Crippen LogP contribution in [-0.2, 0) is 0 Å². The van der Waals surface area contributed by atoms with Gasteiger partial charge in [0.1, 0.15) is 66.9 Å². The van der Waals surface area contributed by atoms with Crippen LogP contribution in [0.5, 0.6) is 0 Å². The summed E-state index contributed by atoms with van der Waals surface area (Å²) in [5.74, 6) is -9.28. The molecule has 0 saturated heterocycles. The largest absolute Gasteiger partial charge is 0.532 e. The Morgan fingerprint density at radius 2 is 0.861 bits per heavy atom. The van der Waals surface area contributed by atoms with E-state index in [-0.39, 0.29) is 11.4 Å². The summed E-state index contributed by atoms with van der Waals surface area (Å²) in [6.45, 7) is 26.6. The molecule has 0 spiro atoms. The molecule has 0 aromatic heterocycles. The summed E-state index contributed by atoms with van der Waals surface area (Å²) in [6, 6.07) is 11.9. The predicted octanol–water partition coefficient (Wildman–Crippen LogP) is 2.13. The molecule has 2 rings (SSSR count). The number of nitrogens with zero attached hydrogens (tertiary/aromatic N) is 8. The second-order valence-electron chi connectivity index (χ2n) is 5.87. The fraction of sp³-hybridized carbons (Fsp3) is 0. The van der Waals surface area contributed by atoms with Crippen LogP contribution in [0.2, 0.25) is 0 Å². The van der Waals surface area contributed by atoms with E-state index in [1.165, 1.54) is 0 Å². The van der Waals surface area contributed by atoms with Crippen molar-refractivity contribution in [3.05, 3.63) is 114 Å². The lowest BCUT2D eigenvalue weighted by Crippen LogP contribution is -2.30. The van der Waals surface area contributed by atoms with Crippen molar-refractivity contribution in [2.24, 2.45) is 0 Å². The van der Waals surface area contributed by atoms with Crippen LogP contribution >= 0.6 is 0 Å². The molecule has 0 unspecified atom stereocenters. The van der Waals surface area contributed by atoms with Gasteiger partial charge in [0.15, 0.2) is 23.3 Å². The quantitative estimate of drug-likeness (QED) is 0.327. The number of benzene rings is 2. The van der Waals surface area contributed by atoms with Crippen LogP contribution in [0.1, 0.15) is 0 Å². The van der Waals surface area contributed by atoms with E-state index in [1.807, 2.05) is 0 Å². The Morgan fingerprint density at radius 1 is 0.528 bits per heavy atom. The van der Waals surface area contributed by atoms with Gasteiger partial charge in [-0.3, -0.25) is 0 Å². The molecular formula is C24H4F4N8. The van der Waals surface area contributed by atoms with Gasteiger partial charge in [0, 0.05) is 5.22 Å². The number of nitriles is 4. The minimum atomic E-state index is -2.01. The maximum Gasteiger partial charge on any atom is 0.532 e. The van der Waals surface area contributed by atoms with Gasteiger partial charge in [0.25, 0.3) is 0 Å². The normalized spacial score (nSPS) is 8.33. The fourth-order valence-corrected chi connectivity index (χ4v) is 2.42. The van der Waals surface area contributed by atoms with Gasteiger partial charge in [-0.05, 0) is 0 Å². The van der Waals surface area contributed by atoms with Gasteiger partial charge in [0.2, 0.25) is 0 Å². The Kier molecular flexibility index (Phi) is 9.63. The van der Waals surface area contributed by atoms with Crippen LogP contribution < -0.4 is 20.9 Å². The van der Waals surface area contributed by atoms with Gasteiger partial charge in [-0.2, -0.15) is 40.4 Å². The Hall–Kier alpha value is -6.44. The third kappa shape index (κ3) is 5.48. The molecule has 0 saturated carbocycles. The molecule has 36 heavy (non-hydrogen) atoms. The first-order valence-corrected chi connectivity index (χ1v) is 8.76. The molecule has 0 fully saturated rings. The summed E-state index contributed by atoms with van der Waals surface area (Å²) in [7, 11) is 0. The first-order valence-electron chi connectivity index (χ1n) is 8.76.